The van der Waals surface area contributed by atoms with Gasteiger partial charge >= 0.3 is 0 Å². The molecule has 0 aliphatic carbocycles. The van der Waals surface area contributed by atoms with Crippen molar-refractivity contribution in [1.82, 2.24) is 0 Å². The minimum absolute atomic E-state index is 0.543. The summed E-state index contributed by atoms with van der Waals surface area (Å²) in [5.41, 5.74) is 0. The molecular formula is C21H38O18. The van der Waals surface area contributed by atoms with Gasteiger partial charge in [-0.1, -0.05) is 0 Å². The maximum atomic E-state index is 10.8. The first-order valence-electron chi connectivity index (χ1n) is 12.3. The molecule has 0 radical (unpaired) electrons. The number of ether oxygens (including phenoxy) is 6. The summed E-state index contributed by atoms with van der Waals surface area (Å²) in [7, 11) is 0. The zero-order valence-corrected chi connectivity index (χ0v) is 20.6. The van der Waals surface area contributed by atoms with Crippen LogP contribution in [-0.4, -0.2) is 193 Å². The lowest BCUT2D eigenvalue weighted by atomic mass is 9.96. The van der Waals surface area contributed by atoms with Gasteiger partial charge in [-0.3, -0.25) is 0 Å². The molecule has 0 aromatic rings. The Morgan fingerprint density at radius 3 is 1.41 bits per heavy atom. The maximum absolute atomic E-state index is 10.8. The van der Waals surface area contributed by atoms with E-state index in [0.717, 1.165) is 0 Å². The molecule has 3 rings (SSSR count). The zero-order chi connectivity index (χ0) is 29.0. The summed E-state index contributed by atoms with van der Waals surface area (Å²) < 4.78 is 32.8. The molecule has 7 unspecified atom stereocenters. The Morgan fingerprint density at radius 2 is 0.923 bits per heavy atom. The molecular weight excluding hydrogens is 540 g/mol. The fraction of sp³-hybridized carbons (Fsp3) is 1.00. The van der Waals surface area contributed by atoms with Gasteiger partial charge in [-0.25, -0.2) is 0 Å². The summed E-state index contributed by atoms with van der Waals surface area (Å²) in [6.07, 6.45) is -27.1. The smallest absolute Gasteiger partial charge is 0.187 e. The van der Waals surface area contributed by atoms with Crippen molar-refractivity contribution in [2.75, 3.05) is 33.0 Å². The van der Waals surface area contributed by atoms with E-state index in [-0.39, 0.29) is 0 Å². The van der Waals surface area contributed by atoms with Gasteiger partial charge in [0.25, 0.3) is 0 Å². The van der Waals surface area contributed by atoms with Crippen molar-refractivity contribution in [1.29, 1.82) is 0 Å². The number of aliphatic hydroxyl groups is 12. The van der Waals surface area contributed by atoms with Crippen LogP contribution in [0.4, 0.5) is 0 Å². The van der Waals surface area contributed by atoms with Gasteiger partial charge in [0, 0.05) is 0 Å². The molecule has 18 heteroatoms. The molecule has 3 aliphatic heterocycles. The molecule has 0 spiro atoms. The average molecular weight is 579 g/mol. The van der Waals surface area contributed by atoms with Crippen LogP contribution in [0.25, 0.3) is 0 Å². The Bertz CT molecular complexity index is 731. The van der Waals surface area contributed by atoms with Crippen LogP contribution < -0.4 is 0 Å². The summed E-state index contributed by atoms with van der Waals surface area (Å²) >= 11 is 0. The quantitative estimate of drug-likeness (QED) is 0.108. The third-order valence-electron chi connectivity index (χ3n) is 6.74. The van der Waals surface area contributed by atoms with E-state index in [4.69, 9.17) is 33.5 Å². The van der Waals surface area contributed by atoms with Crippen LogP contribution in [0, 0.1) is 0 Å². The minimum atomic E-state index is -1.92. The summed E-state index contributed by atoms with van der Waals surface area (Å²) in [4.78, 5) is 0. The zero-order valence-electron chi connectivity index (χ0n) is 20.6. The third-order valence-corrected chi connectivity index (χ3v) is 6.74. The van der Waals surface area contributed by atoms with Gasteiger partial charge in [0.05, 0.1) is 33.0 Å². The molecule has 0 aromatic carbocycles. The molecule has 12 N–H and O–H groups in total. The van der Waals surface area contributed by atoms with Gasteiger partial charge in [0.2, 0.25) is 0 Å². The van der Waals surface area contributed by atoms with Crippen molar-refractivity contribution in [3.05, 3.63) is 0 Å². The van der Waals surface area contributed by atoms with Crippen molar-refractivity contribution < 1.29 is 89.7 Å². The molecule has 0 saturated carbocycles. The van der Waals surface area contributed by atoms with Crippen LogP contribution in [0.3, 0.4) is 0 Å². The molecule has 39 heavy (non-hydrogen) atoms. The van der Waals surface area contributed by atoms with E-state index in [2.05, 4.69) is 0 Å². The highest BCUT2D eigenvalue weighted by Gasteiger charge is 2.54. The SMILES string of the molecule is OCC(O)CO[C@H]1OC(CO)[C@@H](O)[C@H](O)C1O[C@H]1OC(CO)[C@@H](O)[C@H](O)C1O[C@@H]1OC(CO)[C@@H](O)[C@H](O)C1O. The molecule has 3 aliphatic rings. The van der Waals surface area contributed by atoms with E-state index in [1.807, 2.05) is 0 Å². The fourth-order valence-corrected chi connectivity index (χ4v) is 4.39. The molecule has 0 bridgehead atoms. The highest BCUT2D eigenvalue weighted by atomic mass is 16.8. The molecule has 3 saturated heterocycles. The van der Waals surface area contributed by atoms with Gasteiger partial charge in [-0.15, -0.1) is 0 Å². The van der Waals surface area contributed by atoms with Crippen molar-refractivity contribution in [3.63, 3.8) is 0 Å². The van der Waals surface area contributed by atoms with E-state index < -0.39 is 131 Å². The predicted molar refractivity (Wildman–Crippen MR) is 118 cm³/mol. The topological polar surface area (TPSA) is 298 Å². The van der Waals surface area contributed by atoms with Gasteiger partial charge in [0.1, 0.15) is 79.4 Å². The van der Waals surface area contributed by atoms with Crippen LogP contribution in [-0.2, 0) is 28.4 Å². The normalized spacial score (nSPS) is 48.2. The summed E-state index contributed by atoms with van der Waals surface area (Å²) in [5, 5.41) is 120. The predicted octanol–water partition coefficient (Wildman–Crippen LogP) is -8.20. The Labute approximate surface area is 221 Å². The van der Waals surface area contributed by atoms with Crippen molar-refractivity contribution in [2.45, 2.75) is 98.2 Å². The molecule has 230 valence electrons. The second kappa shape index (κ2) is 14.4. The van der Waals surface area contributed by atoms with Crippen LogP contribution >= 0.6 is 0 Å². The fourth-order valence-electron chi connectivity index (χ4n) is 4.39. The standard InChI is InChI=1S/C21H38O18/c22-1-6(26)5-34-20-17(14(31)11(28)8(3-24)36-20)39-21-18(15(32)12(29)9(4-25)37-21)38-19-16(33)13(30)10(27)7(2-23)35-19/h6-33H,1-5H2/t6?,7?,8?,9?,10-,11-,12-,13+,14+,15+,16?,17?,18?,19+,20+,21-/m1/s1. The molecule has 0 amide bonds. The van der Waals surface area contributed by atoms with Crippen LogP contribution in [0.15, 0.2) is 0 Å². The number of aliphatic hydroxyl groups excluding tert-OH is 12. The molecule has 3 fully saturated rings. The molecule has 16 atom stereocenters. The summed E-state index contributed by atoms with van der Waals surface area (Å²) in [6.45, 7) is -3.62. The lowest BCUT2D eigenvalue weighted by Crippen LogP contribution is -2.67. The van der Waals surface area contributed by atoms with Crippen LogP contribution in [0.5, 0.6) is 0 Å². The second-order valence-electron chi connectivity index (χ2n) is 9.48. The third kappa shape index (κ3) is 7.20. The number of hydrogen-bond donors (Lipinski definition) is 12. The Balaban J connectivity index is 1.86. The molecule has 0 aromatic heterocycles. The Hall–Kier alpha value is -0.720. The first-order chi connectivity index (χ1) is 18.5. The average Bonchev–Trinajstić information content (AvgIpc) is 2.93. The number of rotatable bonds is 11. The maximum Gasteiger partial charge on any atom is 0.187 e. The highest BCUT2D eigenvalue weighted by molar-refractivity contribution is 4.96. The Kier molecular flexibility index (Phi) is 12.1. The second-order valence-corrected chi connectivity index (χ2v) is 9.48. The largest absolute Gasteiger partial charge is 0.394 e. The Morgan fingerprint density at radius 1 is 0.513 bits per heavy atom. The first-order valence-corrected chi connectivity index (χ1v) is 12.3. The molecule has 18 nitrogen and oxygen atoms in total. The van der Waals surface area contributed by atoms with Gasteiger partial charge in [-0.2, -0.15) is 0 Å². The van der Waals surface area contributed by atoms with Crippen LogP contribution in [0.2, 0.25) is 0 Å². The van der Waals surface area contributed by atoms with Crippen molar-refractivity contribution in [2.24, 2.45) is 0 Å². The van der Waals surface area contributed by atoms with Crippen molar-refractivity contribution >= 4 is 0 Å². The lowest BCUT2D eigenvalue weighted by molar-refractivity contribution is -0.394. The van der Waals surface area contributed by atoms with E-state index in [0.29, 0.717) is 0 Å². The van der Waals surface area contributed by atoms with E-state index in [9.17, 15) is 56.2 Å². The number of hydrogen-bond acceptors (Lipinski definition) is 18. The summed E-state index contributed by atoms with van der Waals surface area (Å²) in [6, 6.07) is 0. The van der Waals surface area contributed by atoms with E-state index in [1.54, 1.807) is 0 Å². The molecule has 3 heterocycles. The van der Waals surface area contributed by atoms with Crippen molar-refractivity contribution in [3.8, 4) is 0 Å². The van der Waals surface area contributed by atoms with Gasteiger partial charge in [-0.05, 0) is 0 Å². The van der Waals surface area contributed by atoms with E-state index in [1.165, 1.54) is 0 Å². The van der Waals surface area contributed by atoms with Gasteiger partial charge in [0.15, 0.2) is 18.9 Å². The van der Waals surface area contributed by atoms with E-state index >= 15 is 0 Å². The lowest BCUT2D eigenvalue weighted by Gasteiger charge is -2.48. The summed E-state index contributed by atoms with van der Waals surface area (Å²) in [5.74, 6) is 0. The van der Waals surface area contributed by atoms with Crippen LogP contribution in [0.1, 0.15) is 0 Å². The first kappa shape index (κ1) is 32.8. The minimum Gasteiger partial charge on any atom is -0.394 e. The van der Waals surface area contributed by atoms with Gasteiger partial charge < -0.3 is 89.7 Å². The monoisotopic (exact) mass is 578 g/mol. The highest BCUT2D eigenvalue weighted by Crippen LogP contribution is 2.33.